The quantitative estimate of drug-likeness (QED) is 0.585. The van der Waals surface area contributed by atoms with Crippen molar-refractivity contribution in [1.29, 1.82) is 0 Å². The summed E-state index contributed by atoms with van der Waals surface area (Å²) in [6.45, 7) is 0. The third-order valence-electron chi connectivity index (χ3n) is 5.17. The van der Waals surface area contributed by atoms with Gasteiger partial charge in [0.2, 0.25) is 0 Å². The van der Waals surface area contributed by atoms with Gasteiger partial charge in [-0.25, -0.2) is 23.1 Å². The van der Waals surface area contributed by atoms with Gasteiger partial charge in [-0.3, -0.25) is 9.97 Å². The molecule has 1 aliphatic rings. The highest BCUT2D eigenvalue weighted by molar-refractivity contribution is 7.91. The van der Waals surface area contributed by atoms with Crippen molar-refractivity contribution in [3.05, 3.63) is 48.4 Å². The summed E-state index contributed by atoms with van der Waals surface area (Å²) in [4.78, 5) is 19.5. The van der Waals surface area contributed by atoms with Crippen LogP contribution in [0, 0.1) is 0 Å². The summed E-state index contributed by atoms with van der Waals surface area (Å²) in [6.07, 6.45) is 9.46. The second-order valence-electron chi connectivity index (χ2n) is 7.70. The lowest BCUT2D eigenvalue weighted by atomic mass is 10.1. The Labute approximate surface area is 176 Å². The maximum absolute atomic E-state index is 12.2. The molecule has 0 saturated carbocycles. The van der Waals surface area contributed by atoms with Crippen LogP contribution in [0.2, 0.25) is 0 Å². The predicted molar refractivity (Wildman–Crippen MR) is 114 cm³/mol. The minimum Gasteiger partial charge on any atom is -0.363 e. The second kappa shape index (κ2) is 8.47. The van der Waals surface area contributed by atoms with Gasteiger partial charge in [-0.05, 0) is 31.4 Å². The Hall–Kier alpha value is -2.88. The summed E-state index contributed by atoms with van der Waals surface area (Å²) in [7, 11) is 0.804. The SMILES string of the molecule is CN(C)c1ccc(-c2nc(CCc3cnccn3)n(C3CCCS(=O)(=O)C3)n2)cn1. The number of hydrogen-bond donors (Lipinski definition) is 0. The van der Waals surface area contributed by atoms with Gasteiger partial charge >= 0.3 is 0 Å². The van der Waals surface area contributed by atoms with Crippen LogP contribution in [0.4, 0.5) is 5.82 Å². The molecule has 4 heterocycles. The molecule has 1 fully saturated rings. The molecule has 3 aromatic heterocycles. The van der Waals surface area contributed by atoms with E-state index in [4.69, 9.17) is 10.1 Å². The number of aromatic nitrogens is 6. The Balaban J connectivity index is 1.65. The van der Waals surface area contributed by atoms with E-state index in [1.807, 2.05) is 35.8 Å². The molecule has 0 bridgehead atoms. The Bertz CT molecular complexity index is 1100. The van der Waals surface area contributed by atoms with E-state index in [9.17, 15) is 8.42 Å². The maximum Gasteiger partial charge on any atom is 0.182 e. The maximum atomic E-state index is 12.2. The Morgan fingerprint density at radius 2 is 2.00 bits per heavy atom. The molecule has 158 valence electrons. The van der Waals surface area contributed by atoms with Crippen molar-refractivity contribution in [1.82, 2.24) is 29.7 Å². The van der Waals surface area contributed by atoms with Gasteiger partial charge in [0, 0.05) is 50.9 Å². The van der Waals surface area contributed by atoms with Crippen molar-refractivity contribution in [3.63, 3.8) is 0 Å². The lowest BCUT2D eigenvalue weighted by Crippen LogP contribution is -2.29. The molecule has 3 aromatic rings. The van der Waals surface area contributed by atoms with E-state index in [1.54, 1.807) is 24.8 Å². The average molecular weight is 428 g/mol. The number of rotatable bonds is 6. The molecule has 0 aliphatic carbocycles. The van der Waals surface area contributed by atoms with Crippen LogP contribution in [0.5, 0.6) is 0 Å². The first-order chi connectivity index (χ1) is 14.4. The lowest BCUT2D eigenvalue weighted by molar-refractivity contribution is 0.420. The number of aryl methyl sites for hydroxylation is 2. The molecule has 0 amide bonds. The molecule has 0 N–H and O–H groups in total. The predicted octanol–water partition coefficient (Wildman–Crippen LogP) is 1.73. The van der Waals surface area contributed by atoms with Crippen LogP contribution in [0.25, 0.3) is 11.4 Å². The fourth-order valence-corrected chi connectivity index (χ4v) is 5.28. The molecule has 1 unspecified atom stereocenters. The average Bonchev–Trinajstić information content (AvgIpc) is 3.17. The van der Waals surface area contributed by atoms with E-state index >= 15 is 0 Å². The van der Waals surface area contributed by atoms with Gasteiger partial charge in [-0.1, -0.05) is 0 Å². The van der Waals surface area contributed by atoms with E-state index < -0.39 is 9.84 Å². The van der Waals surface area contributed by atoms with E-state index in [0.29, 0.717) is 25.1 Å². The molecule has 0 spiro atoms. The second-order valence-corrected chi connectivity index (χ2v) is 9.93. The highest BCUT2D eigenvalue weighted by Crippen LogP contribution is 2.26. The van der Waals surface area contributed by atoms with Gasteiger partial charge in [0.15, 0.2) is 15.7 Å². The highest BCUT2D eigenvalue weighted by Gasteiger charge is 2.29. The first-order valence-electron chi connectivity index (χ1n) is 9.96. The minimum atomic E-state index is -3.06. The van der Waals surface area contributed by atoms with Crippen molar-refractivity contribution >= 4 is 15.7 Å². The van der Waals surface area contributed by atoms with Gasteiger partial charge in [-0.15, -0.1) is 0 Å². The van der Waals surface area contributed by atoms with E-state index in [2.05, 4.69) is 15.0 Å². The van der Waals surface area contributed by atoms with E-state index in [1.165, 1.54) is 0 Å². The fraction of sp³-hybridized carbons (Fsp3) is 0.450. The first kappa shape index (κ1) is 20.4. The molecular formula is C20H25N7O2S. The molecule has 30 heavy (non-hydrogen) atoms. The van der Waals surface area contributed by atoms with Gasteiger partial charge in [0.25, 0.3) is 0 Å². The van der Waals surface area contributed by atoms with Crippen LogP contribution in [-0.4, -0.2) is 63.7 Å². The van der Waals surface area contributed by atoms with Gasteiger partial charge < -0.3 is 4.90 Å². The summed E-state index contributed by atoms with van der Waals surface area (Å²) in [5.74, 6) is 2.51. The van der Waals surface area contributed by atoms with Crippen molar-refractivity contribution < 1.29 is 8.42 Å². The zero-order chi connectivity index (χ0) is 21.1. The van der Waals surface area contributed by atoms with Crippen LogP contribution >= 0.6 is 0 Å². The van der Waals surface area contributed by atoms with E-state index in [-0.39, 0.29) is 17.5 Å². The van der Waals surface area contributed by atoms with Crippen LogP contribution in [0.3, 0.4) is 0 Å². The normalized spacial score (nSPS) is 18.3. The van der Waals surface area contributed by atoms with E-state index in [0.717, 1.165) is 29.3 Å². The Morgan fingerprint density at radius 3 is 2.67 bits per heavy atom. The molecule has 9 nitrogen and oxygen atoms in total. The largest absolute Gasteiger partial charge is 0.363 e. The van der Waals surface area contributed by atoms with Gasteiger partial charge in [0.05, 0.1) is 23.2 Å². The zero-order valence-electron chi connectivity index (χ0n) is 17.1. The number of sulfone groups is 1. The Kier molecular flexibility index (Phi) is 5.76. The third-order valence-corrected chi connectivity index (χ3v) is 6.98. The standard InChI is InChI=1S/C20H25N7O2S/c1-26(2)18-7-5-15(12-23-18)20-24-19(8-6-16-13-21-9-10-22-16)27(25-20)17-4-3-11-30(28,29)14-17/h5,7,9-10,12-13,17H,3-4,6,8,11,14H2,1-2H3. The monoisotopic (exact) mass is 427 g/mol. The number of nitrogens with zero attached hydrogens (tertiary/aromatic N) is 7. The van der Waals surface area contributed by atoms with Gasteiger partial charge in [-0.2, -0.15) is 5.10 Å². The molecule has 4 rings (SSSR count). The summed E-state index contributed by atoms with van der Waals surface area (Å²) in [5.41, 5.74) is 1.67. The fourth-order valence-electron chi connectivity index (χ4n) is 3.61. The Morgan fingerprint density at radius 1 is 1.13 bits per heavy atom. The van der Waals surface area contributed by atoms with Crippen LogP contribution in [0.1, 0.15) is 30.4 Å². The van der Waals surface area contributed by atoms with Crippen molar-refractivity contribution in [3.8, 4) is 11.4 Å². The number of anilines is 1. The first-order valence-corrected chi connectivity index (χ1v) is 11.8. The van der Waals surface area contributed by atoms with Crippen LogP contribution < -0.4 is 4.90 Å². The van der Waals surface area contributed by atoms with Crippen molar-refractivity contribution in [2.45, 2.75) is 31.7 Å². The topological polar surface area (TPSA) is 107 Å². The molecule has 0 aromatic carbocycles. The molecule has 1 saturated heterocycles. The smallest absolute Gasteiger partial charge is 0.182 e. The summed E-state index contributed by atoms with van der Waals surface area (Å²) in [6, 6.07) is 3.66. The number of pyridine rings is 1. The van der Waals surface area contributed by atoms with Gasteiger partial charge in [0.1, 0.15) is 11.6 Å². The summed E-state index contributed by atoms with van der Waals surface area (Å²) in [5, 5.41) is 4.71. The summed E-state index contributed by atoms with van der Waals surface area (Å²) >= 11 is 0. The van der Waals surface area contributed by atoms with Crippen molar-refractivity contribution in [2.75, 3.05) is 30.5 Å². The molecule has 1 atom stereocenters. The van der Waals surface area contributed by atoms with Crippen LogP contribution in [0.15, 0.2) is 36.9 Å². The molecule has 1 aliphatic heterocycles. The summed E-state index contributed by atoms with van der Waals surface area (Å²) < 4.78 is 26.2. The van der Waals surface area contributed by atoms with Crippen LogP contribution in [-0.2, 0) is 22.7 Å². The molecule has 0 radical (unpaired) electrons. The number of hydrogen-bond acceptors (Lipinski definition) is 8. The highest BCUT2D eigenvalue weighted by atomic mass is 32.2. The molecular weight excluding hydrogens is 402 g/mol. The third kappa shape index (κ3) is 4.64. The molecule has 10 heteroatoms. The lowest BCUT2D eigenvalue weighted by Gasteiger charge is -2.23. The minimum absolute atomic E-state index is 0.103. The van der Waals surface area contributed by atoms with Crippen molar-refractivity contribution in [2.24, 2.45) is 0 Å². The zero-order valence-corrected chi connectivity index (χ0v) is 18.0.